The van der Waals surface area contributed by atoms with Gasteiger partial charge in [0.25, 0.3) is 0 Å². The molecule has 1 atom stereocenters. The highest BCUT2D eigenvalue weighted by molar-refractivity contribution is 6.08. The summed E-state index contributed by atoms with van der Waals surface area (Å²) in [5, 5.41) is 2.75. The van der Waals surface area contributed by atoms with Crippen LogP contribution in [0.1, 0.15) is 16.8 Å². The number of hydrogen-bond acceptors (Lipinski definition) is 5. The van der Waals surface area contributed by atoms with Gasteiger partial charge in [0, 0.05) is 18.7 Å². The minimum Gasteiger partial charge on any atom is -0.378 e. The van der Waals surface area contributed by atoms with Crippen LogP contribution in [0.25, 0.3) is 0 Å². The molecule has 1 unspecified atom stereocenters. The van der Waals surface area contributed by atoms with Crippen molar-refractivity contribution in [3.8, 4) is 0 Å². The molecule has 2 aliphatic rings. The number of ether oxygens (including phenoxy) is 1. The smallest absolute Gasteiger partial charge is 0.229 e. The second-order valence-electron chi connectivity index (χ2n) is 5.05. The van der Waals surface area contributed by atoms with E-state index in [4.69, 9.17) is 4.74 Å². The molecule has 1 N–H and O–H groups in total. The van der Waals surface area contributed by atoms with Crippen molar-refractivity contribution in [3.63, 3.8) is 0 Å². The third-order valence-corrected chi connectivity index (χ3v) is 3.58. The average Bonchev–Trinajstić information content (AvgIpc) is 2.55. The molecule has 0 saturated carbocycles. The van der Waals surface area contributed by atoms with E-state index in [0.717, 1.165) is 0 Å². The maximum absolute atomic E-state index is 12.4. The van der Waals surface area contributed by atoms with E-state index in [-0.39, 0.29) is 18.1 Å². The van der Waals surface area contributed by atoms with Crippen molar-refractivity contribution in [2.45, 2.75) is 12.5 Å². The zero-order chi connectivity index (χ0) is 14.7. The van der Waals surface area contributed by atoms with Crippen LogP contribution in [0.3, 0.4) is 0 Å². The van der Waals surface area contributed by atoms with Crippen molar-refractivity contribution in [1.82, 2.24) is 10.2 Å². The summed E-state index contributed by atoms with van der Waals surface area (Å²) < 4.78 is 5.28. The first-order valence-electron chi connectivity index (χ1n) is 7.03. The Hall–Kier alpha value is -2.21. The molecule has 0 aromatic heterocycles. The number of carbonyl (C=O) groups is 2. The van der Waals surface area contributed by atoms with Crippen molar-refractivity contribution >= 4 is 17.6 Å². The predicted octanol–water partition coefficient (Wildman–Crippen LogP) is 0.446. The Labute approximate surface area is 122 Å². The summed E-state index contributed by atoms with van der Waals surface area (Å²) in [6.07, 6.45) is 0.0988. The fraction of sp³-hybridized carbons (Fsp3) is 0.400. The topological polar surface area (TPSA) is 71.0 Å². The molecule has 3 rings (SSSR count). The number of Topliss-reactive ketones (excluding diaryl/α,β-unsaturated/α-hetero) is 1. The molecule has 0 radical (unpaired) electrons. The maximum atomic E-state index is 12.4. The van der Waals surface area contributed by atoms with Gasteiger partial charge in [0.2, 0.25) is 11.9 Å². The number of morpholine rings is 1. The van der Waals surface area contributed by atoms with Gasteiger partial charge in [0.1, 0.15) is 6.04 Å². The summed E-state index contributed by atoms with van der Waals surface area (Å²) in [6.45, 7) is 2.55. The summed E-state index contributed by atoms with van der Waals surface area (Å²) in [5.41, 5.74) is 0.585. The number of carbonyl (C=O) groups excluding carboxylic acids is 2. The Bertz CT molecular complexity index is 565. The van der Waals surface area contributed by atoms with Gasteiger partial charge in [0.05, 0.1) is 19.6 Å². The molecular weight excluding hydrogens is 270 g/mol. The number of ketones is 1. The van der Waals surface area contributed by atoms with Crippen LogP contribution in [0.5, 0.6) is 0 Å². The van der Waals surface area contributed by atoms with Gasteiger partial charge >= 0.3 is 0 Å². The van der Waals surface area contributed by atoms with Gasteiger partial charge in [0.15, 0.2) is 5.78 Å². The molecule has 0 bridgehead atoms. The molecular formula is C15H17N3O3. The van der Waals surface area contributed by atoms with Crippen molar-refractivity contribution < 1.29 is 14.3 Å². The van der Waals surface area contributed by atoms with Crippen LogP contribution < -0.4 is 5.32 Å². The fourth-order valence-corrected chi connectivity index (χ4v) is 2.46. The number of nitrogens with zero attached hydrogens (tertiary/aromatic N) is 2. The zero-order valence-electron chi connectivity index (χ0n) is 11.6. The Morgan fingerprint density at radius 3 is 2.67 bits per heavy atom. The van der Waals surface area contributed by atoms with Crippen LogP contribution in [-0.2, 0) is 9.53 Å². The molecule has 1 aromatic carbocycles. The minimum atomic E-state index is -0.640. The van der Waals surface area contributed by atoms with E-state index in [1.165, 1.54) is 0 Å². The normalized spacial score (nSPS) is 22.5. The lowest BCUT2D eigenvalue weighted by Crippen LogP contribution is -2.52. The molecule has 2 heterocycles. The highest BCUT2D eigenvalue weighted by Crippen LogP contribution is 2.14. The lowest BCUT2D eigenvalue weighted by atomic mass is 10.0. The number of amides is 1. The van der Waals surface area contributed by atoms with Crippen LogP contribution in [0, 0.1) is 0 Å². The van der Waals surface area contributed by atoms with E-state index in [1.807, 2.05) is 23.1 Å². The van der Waals surface area contributed by atoms with Crippen molar-refractivity contribution in [3.05, 3.63) is 35.9 Å². The van der Waals surface area contributed by atoms with Crippen molar-refractivity contribution in [1.29, 1.82) is 0 Å². The van der Waals surface area contributed by atoms with Gasteiger partial charge in [-0.15, -0.1) is 0 Å². The summed E-state index contributed by atoms with van der Waals surface area (Å²) >= 11 is 0. The molecule has 6 heteroatoms. The average molecular weight is 287 g/mol. The molecule has 0 aliphatic carbocycles. The Morgan fingerprint density at radius 2 is 1.95 bits per heavy atom. The lowest BCUT2D eigenvalue weighted by molar-refractivity contribution is -0.120. The Balaban J connectivity index is 1.81. The molecule has 1 aromatic rings. The van der Waals surface area contributed by atoms with E-state index in [9.17, 15) is 9.59 Å². The molecule has 21 heavy (non-hydrogen) atoms. The predicted molar refractivity (Wildman–Crippen MR) is 77.1 cm³/mol. The Morgan fingerprint density at radius 1 is 1.24 bits per heavy atom. The number of aliphatic imine (C=N–C) groups is 1. The van der Waals surface area contributed by atoms with Gasteiger partial charge in [-0.25, -0.2) is 4.99 Å². The van der Waals surface area contributed by atoms with E-state index in [2.05, 4.69) is 10.3 Å². The van der Waals surface area contributed by atoms with Crippen LogP contribution in [0.15, 0.2) is 35.3 Å². The number of nitrogens with one attached hydrogen (secondary N) is 1. The summed E-state index contributed by atoms with van der Waals surface area (Å²) in [4.78, 5) is 30.7. The first-order valence-corrected chi connectivity index (χ1v) is 7.03. The standard InChI is InChI=1S/C15H17N3O3/c19-13-10-12(14(20)11-4-2-1-3-5-11)16-15(17-13)18-6-8-21-9-7-18/h1-5,12H,6-10H2,(H,16,17,19). The van der Waals surface area contributed by atoms with Gasteiger partial charge in [-0.2, -0.15) is 0 Å². The molecule has 1 amide bonds. The Kier molecular flexibility index (Phi) is 3.96. The molecule has 2 aliphatic heterocycles. The lowest BCUT2D eigenvalue weighted by Gasteiger charge is -2.32. The molecule has 0 spiro atoms. The van der Waals surface area contributed by atoms with E-state index >= 15 is 0 Å². The molecule has 1 fully saturated rings. The van der Waals surface area contributed by atoms with Crippen LogP contribution in [0.4, 0.5) is 0 Å². The van der Waals surface area contributed by atoms with Crippen molar-refractivity contribution in [2.75, 3.05) is 26.3 Å². The van der Waals surface area contributed by atoms with Gasteiger partial charge in [-0.3, -0.25) is 14.9 Å². The third kappa shape index (κ3) is 3.11. The second kappa shape index (κ2) is 6.05. The molecule has 1 saturated heterocycles. The van der Waals surface area contributed by atoms with Crippen LogP contribution >= 0.6 is 0 Å². The van der Waals surface area contributed by atoms with E-state index in [1.54, 1.807) is 12.1 Å². The van der Waals surface area contributed by atoms with Crippen LogP contribution in [-0.4, -0.2) is 54.9 Å². The highest BCUT2D eigenvalue weighted by atomic mass is 16.5. The van der Waals surface area contributed by atoms with Gasteiger partial charge in [-0.1, -0.05) is 30.3 Å². The number of benzene rings is 1. The highest BCUT2D eigenvalue weighted by Gasteiger charge is 2.30. The van der Waals surface area contributed by atoms with E-state index < -0.39 is 6.04 Å². The molecule has 110 valence electrons. The second-order valence-corrected chi connectivity index (χ2v) is 5.05. The van der Waals surface area contributed by atoms with Crippen molar-refractivity contribution in [2.24, 2.45) is 4.99 Å². The van der Waals surface area contributed by atoms with Crippen LogP contribution in [0.2, 0.25) is 0 Å². The monoisotopic (exact) mass is 287 g/mol. The van der Waals surface area contributed by atoms with Gasteiger partial charge < -0.3 is 9.64 Å². The summed E-state index contributed by atoms with van der Waals surface area (Å²) in [5.74, 6) is 0.209. The first-order chi connectivity index (χ1) is 10.2. The molecule has 6 nitrogen and oxygen atoms in total. The SMILES string of the molecule is O=C1CC(C(=O)c2ccccc2)N=C(N2CCOCC2)N1. The number of rotatable bonds is 2. The summed E-state index contributed by atoms with van der Waals surface area (Å²) in [7, 11) is 0. The largest absolute Gasteiger partial charge is 0.378 e. The number of hydrogen-bond donors (Lipinski definition) is 1. The summed E-state index contributed by atoms with van der Waals surface area (Å²) in [6, 6.07) is 8.33. The third-order valence-electron chi connectivity index (χ3n) is 3.58. The zero-order valence-corrected chi connectivity index (χ0v) is 11.6. The fourth-order valence-electron chi connectivity index (χ4n) is 2.46. The number of guanidine groups is 1. The minimum absolute atomic E-state index is 0.0988. The maximum Gasteiger partial charge on any atom is 0.229 e. The van der Waals surface area contributed by atoms with E-state index in [0.29, 0.717) is 37.8 Å². The first kappa shape index (κ1) is 13.8. The van der Waals surface area contributed by atoms with Gasteiger partial charge in [-0.05, 0) is 0 Å². The quantitative estimate of drug-likeness (QED) is 0.802.